The molecule has 0 N–H and O–H groups in total. The Bertz CT molecular complexity index is 198. The van der Waals surface area contributed by atoms with Crippen LogP contribution < -0.4 is 4.90 Å². The van der Waals surface area contributed by atoms with E-state index in [1.54, 1.807) is 12.4 Å². The molecular weight excluding hydrogens is 138 g/mol. The molecule has 60 valence electrons. The van der Waals surface area contributed by atoms with Crippen molar-refractivity contribution in [3.05, 3.63) is 18.5 Å². The first-order chi connectivity index (χ1) is 5.34. The number of aromatic nitrogens is 2. The van der Waals surface area contributed by atoms with Crippen LogP contribution in [0.2, 0.25) is 0 Å². The zero-order valence-electron chi connectivity index (χ0n) is 6.99. The van der Waals surface area contributed by atoms with Crippen molar-refractivity contribution in [2.75, 3.05) is 18.5 Å². The third kappa shape index (κ3) is 2.18. The van der Waals surface area contributed by atoms with Crippen LogP contribution in [0.25, 0.3) is 0 Å². The van der Waals surface area contributed by atoms with E-state index in [0.717, 1.165) is 18.7 Å². The van der Waals surface area contributed by atoms with Gasteiger partial charge in [0.25, 0.3) is 0 Å². The lowest BCUT2D eigenvalue weighted by molar-refractivity contribution is 0.844. The van der Waals surface area contributed by atoms with Crippen molar-refractivity contribution in [1.82, 2.24) is 10.2 Å². The normalized spacial score (nSPS) is 9.64. The molecule has 0 radical (unpaired) electrons. The second kappa shape index (κ2) is 3.91. The Hall–Kier alpha value is -1.12. The summed E-state index contributed by atoms with van der Waals surface area (Å²) >= 11 is 0. The van der Waals surface area contributed by atoms with E-state index in [2.05, 4.69) is 29.1 Å². The predicted molar refractivity (Wildman–Crippen MR) is 45.6 cm³/mol. The standard InChI is InChI=1S/C8H13N3/c1-3-6-11(2)8-4-5-9-10-7-8/h4-5,7H,3,6H2,1-2H3. The third-order valence-corrected chi connectivity index (χ3v) is 1.57. The molecule has 0 saturated heterocycles. The first kappa shape index (κ1) is 7.98. The summed E-state index contributed by atoms with van der Waals surface area (Å²) in [5.74, 6) is 0. The van der Waals surface area contributed by atoms with Gasteiger partial charge in [-0.3, -0.25) is 0 Å². The summed E-state index contributed by atoms with van der Waals surface area (Å²) in [4.78, 5) is 2.16. The van der Waals surface area contributed by atoms with E-state index in [1.165, 1.54) is 0 Å². The van der Waals surface area contributed by atoms with Crippen LogP contribution in [-0.2, 0) is 0 Å². The number of hydrogen-bond acceptors (Lipinski definition) is 3. The maximum atomic E-state index is 3.80. The Morgan fingerprint density at radius 2 is 2.27 bits per heavy atom. The van der Waals surface area contributed by atoms with Crippen molar-refractivity contribution in [2.45, 2.75) is 13.3 Å². The molecule has 3 heteroatoms. The van der Waals surface area contributed by atoms with E-state index in [1.807, 2.05) is 6.07 Å². The molecule has 0 bridgehead atoms. The fourth-order valence-electron chi connectivity index (χ4n) is 0.974. The Labute approximate surface area is 67.1 Å². The van der Waals surface area contributed by atoms with Crippen LogP contribution in [0.3, 0.4) is 0 Å². The van der Waals surface area contributed by atoms with Gasteiger partial charge in [-0.25, -0.2) is 0 Å². The van der Waals surface area contributed by atoms with Gasteiger partial charge in [-0.05, 0) is 12.5 Å². The molecule has 0 fully saturated rings. The topological polar surface area (TPSA) is 29.0 Å². The number of nitrogens with zero attached hydrogens (tertiary/aromatic N) is 3. The summed E-state index contributed by atoms with van der Waals surface area (Å²) in [6.45, 7) is 3.22. The molecule has 0 aliphatic rings. The maximum Gasteiger partial charge on any atom is 0.0729 e. The van der Waals surface area contributed by atoms with Gasteiger partial charge in [0.1, 0.15) is 0 Å². The number of anilines is 1. The van der Waals surface area contributed by atoms with Crippen molar-refractivity contribution in [2.24, 2.45) is 0 Å². The smallest absolute Gasteiger partial charge is 0.0729 e. The summed E-state index contributed by atoms with van der Waals surface area (Å²) in [5, 5.41) is 7.51. The molecule has 0 atom stereocenters. The number of rotatable bonds is 3. The molecule has 1 rings (SSSR count). The van der Waals surface area contributed by atoms with Crippen LogP contribution >= 0.6 is 0 Å². The second-order valence-electron chi connectivity index (χ2n) is 2.52. The summed E-state index contributed by atoms with van der Waals surface area (Å²) in [5.41, 5.74) is 1.13. The quantitative estimate of drug-likeness (QED) is 0.652. The van der Waals surface area contributed by atoms with Crippen LogP contribution in [0.5, 0.6) is 0 Å². The molecule has 0 spiro atoms. The van der Waals surface area contributed by atoms with E-state index in [4.69, 9.17) is 0 Å². The van der Waals surface area contributed by atoms with Crippen LogP contribution in [0.15, 0.2) is 18.5 Å². The maximum absolute atomic E-state index is 3.80. The highest BCUT2D eigenvalue weighted by molar-refractivity contribution is 5.41. The molecule has 0 amide bonds. The zero-order valence-corrected chi connectivity index (χ0v) is 6.99. The summed E-state index contributed by atoms with van der Waals surface area (Å²) in [6.07, 6.45) is 4.63. The van der Waals surface area contributed by atoms with Crippen molar-refractivity contribution in [3.63, 3.8) is 0 Å². The van der Waals surface area contributed by atoms with Crippen molar-refractivity contribution in [3.8, 4) is 0 Å². The Morgan fingerprint density at radius 1 is 1.45 bits per heavy atom. The largest absolute Gasteiger partial charge is 0.373 e. The Kier molecular flexibility index (Phi) is 2.83. The van der Waals surface area contributed by atoms with Gasteiger partial charge in [0, 0.05) is 13.6 Å². The minimum absolute atomic E-state index is 1.06. The van der Waals surface area contributed by atoms with E-state index in [9.17, 15) is 0 Å². The van der Waals surface area contributed by atoms with Gasteiger partial charge < -0.3 is 4.90 Å². The molecular formula is C8H13N3. The zero-order chi connectivity index (χ0) is 8.10. The molecule has 0 aliphatic heterocycles. The van der Waals surface area contributed by atoms with Crippen molar-refractivity contribution >= 4 is 5.69 Å². The van der Waals surface area contributed by atoms with Crippen molar-refractivity contribution in [1.29, 1.82) is 0 Å². The fraction of sp³-hybridized carbons (Fsp3) is 0.500. The lowest BCUT2D eigenvalue weighted by Gasteiger charge is -2.16. The molecule has 0 aliphatic carbocycles. The third-order valence-electron chi connectivity index (χ3n) is 1.57. The molecule has 0 unspecified atom stereocenters. The summed E-state index contributed by atoms with van der Waals surface area (Å²) in [7, 11) is 2.06. The van der Waals surface area contributed by atoms with Crippen LogP contribution in [0, 0.1) is 0 Å². The second-order valence-corrected chi connectivity index (χ2v) is 2.52. The molecule has 1 aromatic heterocycles. The summed E-state index contributed by atoms with van der Waals surface area (Å²) in [6, 6.07) is 1.96. The molecule has 0 aromatic carbocycles. The highest BCUT2D eigenvalue weighted by atomic mass is 15.1. The molecule has 11 heavy (non-hydrogen) atoms. The molecule has 1 heterocycles. The molecule has 3 nitrogen and oxygen atoms in total. The highest BCUT2D eigenvalue weighted by Crippen LogP contribution is 2.07. The Morgan fingerprint density at radius 3 is 2.82 bits per heavy atom. The average Bonchev–Trinajstić information content (AvgIpc) is 2.07. The molecule has 1 aromatic rings. The monoisotopic (exact) mass is 151 g/mol. The van der Waals surface area contributed by atoms with Crippen LogP contribution in [-0.4, -0.2) is 23.8 Å². The SMILES string of the molecule is CCCN(C)c1ccnnc1. The van der Waals surface area contributed by atoms with Crippen LogP contribution in [0.4, 0.5) is 5.69 Å². The van der Waals surface area contributed by atoms with Gasteiger partial charge >= 0.3 is 0 Å². The highest BCUT2D eigenvalue weighted by Gasteiger charge is 1.96. The van der Waals surface area contributed by atoms with Gasteiger partial charge in [0.15, 0.2) is 0 Å². The van der Waals surface area contributed by atoms with Gasteiger partial charge in [-0.2, -0.15) is 10.2 Å². The minimum atomic E-state index is 1.06. The Balaban J connectivity index is 2.61. The van der Waals surface area contributed by atoms with E-state index >= 15 is 0 Å². The lowest BCUT2D eigenvalue weighted by Crippen LogP contribution is -2.17. The van der Waals surface area contributed by atoms with Crippen molar-refractivity contribution < 1.29 is 0 Å². The van der Waals surface area contributed by atoms with Crippen LogP contribution in [0.1, 0.15) is 13.3 Å². The lowest BCUT2D eigenvalue weighted by atomic mass is 10.4. The van der Waals surface area contributed by atoms with Gasteiger partial charge in [0.2, 0.25) is 0 Å². The van der Waals surface area contributed by atoms with E-state index in [0.29, 0.717) is 0 Å². The van der Waals surface area contributed by atoms with Gasteiger partial charge in [-0.15, -0.1) is 0 Å². The first-order valence-corrected chi connectivity index (χ1v) is 3.82. The van der Waals surface area contributed by atoms with E-state index in [-0.39, 0.29) is 0 Å². The average molecular weight is 151 g/mol. The predicted octanol–water partition coefficient (Wildman–Crippen LogP) is 1.32. The number of hydrogen-bond donors (Lipinski definition) is 0. The summed E-state index contributed by atoms with van der Waals surface area (Å²) < 4.78 is 0. The fourth-order valence-corrected chi connectivity index (χ4v) is 0.974. The molecule has 0 saturated carbocycles. The van der Waals surface area contributed by atoms with E-state index < -0.39 is 0 Å². The minimum Gasteiger partial charge on any atom is -0.373 e. The van der Waals surface area contributed by atoms with Gasteiger partial charge in [-0.1, -0.05) is 6.92 Å². The van der Waals surface area contributed by atoms with Gasteiger partial charge in [0.05, 0.1) is 18.1 Å². The first-order valence-electron chi connectivity index (χ1n) is 3.82.